The molecule has 2 unspecified atom stereocenters. The molecule has 23 heavy (non-hydrogen) atoms. The summed E-state index contributed by atoms with van der Waals surface area (Å²) in [6.07, 6.45) is 0.131. The highest BCUT2D eigenvalue weighted by Gasteiger charge is 2.32. The Hall–Kier alpha value is -0.860. The van der Waals surface area contributed by atoms with Gasteiger partial charge in [0, 0.05) is 38.8 Å². The van der Waals surface area contributed by atoms with Crippen molar-refractivity contribution in [2.24, 2.45) is 0 Å². The van der Waals surface area contributed by atoms with Gasteiger partial charge in [-0.15, -0.1) is 24.8 Å². The van der Waals surface area contributed by atoms with Crippen molar-refractivity contribution in [3.63, 3.8) is 0 Å². The zero-order chi connectivity index (χ0) is 14.8. The Morgan fingerprint density at radius 1 is 1.39 bits per heavy atom. The Labute approximate surface area is 148 Å². The van der Waals surface area contributed by atoms with E-state index in [-0.39, 0.29) is 36.8 Å². The van der Waals surface area contributed by atoms with E-state index < -0.39 is 6.10 Å². The molecule has 0 radical (unpaired) electrons. The van der Waals surface area contributed by atoms with Crippen LogP contribution < -0.4 is 5.32 Å². The lowest BCUT2D eigenvalue weighted by atomic mass is 10.1. The van der Waals surface area contributed by atoms with Gasteiger partial charge in [0.2, 0.25) is 5.91 Å². The number of rotatable bonds is 3. The standard InChI is InChI=1S/C14H22N4O3.2ClH/c1-10-6-12(21-16-10)9-17-2-4-18(5-3-17)14(20)13-7-11(19)8-15-13;;/h6,11,13,15,19H,2-5,7-9H2,1H3;2*1H. The first kappa shape index (κ1) is 20.2. The molecule has 0 spiro atoms. The molecular formula is C14H24Cl2N4O3. The predicted octanol–water partition coefficient (Wildman–Crippen LogP) is 0.194. The number of aromatic nitrogens is 1. The summed E-state index contributed by atoms with van der Waals surface area (Å²) in [5.41, 5.74) is 0.893. The first-order valence-electron chi connectivity index (χ1n) is 7.46. The number of nitrogens with one attached hydrogen (secondary N) is 1. The second kappa shape index (κ2) is 8.84. The largest absolute Gasteiger partial charge is 0.392 e. The molecule has 1 aromatic rings. The van der Waals surface area contributed by atoms with Gasteiger partial charge in [-0.3, -0.25) is 9.69 Å². The van der Waals surface area contributed by atoms with Gasteiger partial charge < -0.3 is 19.8 Å². The van der Waals surface area contributed by atoms with Crippen LogP contribution in [0.15, 0.2) is 10.6 Å². The topological polar surface area (TPSA) is 81.8 Å². The number of carbonyl (C=O) groups is 1. The molecule has 2 saturated heterocycles. The first-order chi connectivity index (χ1) is 10.1. The third kappa shape index (κ3) is 5.06. The smallest absolute Gasteiger partial charge is 0.239 e. The first-order valence-corrected chi connectivity index (χ1v) is 7.46. The number of hydrogen-bond acceptors (Lipinski definition) is 6. The summed E-state index contributed by atoms with van der Waals surface area (Å²) in [5, 5.41) is 16.5. The van der Waals surface area contributed by atoms with Crippen LogP contribution in [-0.2, 0) is 11.3 Å². The maximum Gasteiger partial charge on any atom is 0.239 e. The molecule has 2 aliphatic heterocycles. The van der Waals surface area contributed by atoms with Gasteiger partial charge in [-0.1, -0.05) is 5.16 Å². The van der Waals surface area contributed by atoms with E-state index in [0.29, 0.717) is 13.0 Å². The predicted molar refractivity (Wildman–Crippen MR) is 90.0 cm³/mol. The quantitative estimate of drug-likeness (QED) is 0.794. The fourth-order valence-electron chi connectivity index (χ4n) is 2.96. The number of aliphatic hydroxyl groups excluding tert-OH is 1. The Morgan fingerprint density at radius 3 is 2.61 bits per heavy atom. The van der Waals surface area contributed by atoms with Crippen molar-refractivity contribution in [3.05, 3.63) is 17.5 Å². The molecule has 0 aliphatic carbocycles. The fourth-order valence-corrected chi connectivity index (χ4v) is 2.96. The average Bonchev–Trinajstić information content (AvgIpc) is 3.08. The third-order valence-electron chi connectivity index (χ3n) is 4.15. The minimum atomic E-state index is -0.394. The van der Waals surface area contributed by atoms with Crippen LogP contribution in [0.1, 0.15) is 17.9 Å². The normalized spacial score (nSPS) is 24.9. The minimum Gasteiger partial charge on any atom is -0.392 e. The number of aryl methyl sites for hydroxylation is 1. The average molecular weight is 367 g/mol. The van der Waals surface area contributed by atoms with E-state index in [0.717, 1.165) is 44.2 Å². The molecule has 1 aromatic heterocycles. The van der Waals surface area contributed by atoms with E-state index in [4.69, 9.17) is 4.52 Å². The fraction of sp³-hybridized carbons (Fsp3) is 0.714. The van der Waals surface area contributed by atoms with Crippen molar-refractivity contribution in [3.8, 4) is 0 Å². The van der Waals surface area contributed by atoms with E-state index in [1.165, 1.54) is 0 Å². The number of amides is 1. The Balaban J connectivity index is 0.00000132. The van der Waals surface area contributed by atoms with Gasteiger partial charge in [-0.2, -0.15) is 0 Å². The Bertz CT molecular complexity index is 506. The lowest BCUT2D eigenvalue weighted by molar-refractivity contribution is -0.135. The molecule has 3 rings (SSSR count). The van der Waals surface area contributed by atoms with Crippen LogP contribution >= 0.6 is 24.8 Å². The van der Waals surface area contributed by atoms with E-state index in [1.54, 1.807) is 0 Å². The molecule has 132 valence electrons. The van der Waals surface area contributed by atoms with Crippen LogP contribution in [0.3, 0.4) is 0 Å². The number of nitrogens with zero attached hydrogens (tertiary/aromatic N) is 3. The maximum absolute atomic E-state index is 12.3. The van der Waals surface area contributed by atoms with Crippen molar-refractivity contribution in [2.75, 3.05) is 32.7 Å². The van der Waals surface area contributed by atoms with Gasteiger partial charge in [0.1, 0.15) is 0 Å². The molecule has 0 aromatic carbocycles. The molecule has 9 heteroatoms. The van der Waals surface area contributed by atoms with Crippen LogP contribution in [0.2, 0.25) is 0 Å². The third-order valence-corrected chi connectivity index (χ3v) is 4.15. The monoisotopic (exact) mass is 366 g/mol. The van der Waals surface area contributed by atoms with E-state index >= 15 is 0 Å². The minimum absolute atomic E-state index is 0. The SMILES string of the molecule is Cc1cc(CN2CCN(C(=O)C3CC(O)CN3)CC2)on1.Cl.Cl. The lowest BCUT2D eigenvalue weighted by Gasteiger charge is -2.35. The molecule has 2 fully saturated rings. The number of β-amino-alcohol motifs (C(OH)–C–C–N with tert-alkyl or cyclic N) is 1. The highest BCUT2D eigenvalue weighted by atomic mass is 35.5. The van der Waals surface area contributed by atoms with Crippen LogP contribution in [-0.4, -0.2) is 70.8 Å². The van der Waals surface area contributed by atoms with Crippen LogP contribution in [0.25, 0.3) is 0 Å². The molecule has 0 bridgehead atoms. The van der Waals surface area contributed by atoms with E-state index in [9.17, 15) is 9.90 Å². The molecule has 2 aliphatic rings. The highest BCUT2D eigenvalue weighted by Crippen LogP contribution is 2.13. The molecule has 2 atom stereocenters. The van der Waals surface area contributed by atoms with Crippen molar-refractivity contribution >= 4 is 30.7 Å². The van der Waals surface area contributed by atoms with Crippen molar-refractivity contribution < 1.29 is 14.4 Å². The molecular weight excluding hydrogens is 343 g/mol. The molecule has 7 nitrogen and oxygen atoms in total. The summed E-state index contributed by atoms with van der Waals surface area (Å²) in [7, 11) is 0. The van der Waals surface area contributed by atoms with Gasteiger partial charge in [0.05, 0.1) is 24.4 Å². The van der Waals surface area contributed by atoms with Gasteiger partial charge in [-0.05, 0) is 13.3 Å². The van der Waals surface area contributed by atoms with Crippen LogP contribution in [0.5, 0.6) is 0 Å². The Kier molecular flexibility index (Phi) is 7.76. The van der Waals surface area contributed by atoms with Crippen molar-refractivity contribution in [1.82, 2.24) is 20.3 Å². The van der Waals surface area contributed by atoms with Gasteiger partial charge >= 0.3 is 0 Å². The Morgan fingerprint density at radius 2 is 2.09 bits per heavy atom. The maximum atomic E-state index is 12.3. The van der Waals surface area contributed by atoms with Gasteiger partial charge in [-0.25, -0.2) is 0 Å². The lowest BCUT2D eigenvalue weighted by Crippen LogP contribution is -2.52. The van der Waals surface area contributed by atoms with E-state index in [2.05, 4.69) is 15.4 Å². The number of carbonyl (C=O) groups excluding carboxylic acids is 1. The van der Waals surface area contributed by atoms with Crippen molar-refractivity contribution in [1.29, 1.82) is 0 Å². The molecule has 3 heterocycles. The molecule has 2 N–H and O–H groups in total. The summed E-state index contributed by atoms with van der Waals surface area (Å²) >= 11 is 0. The number of halogens is 2. The number of piperazine rings is 1. The van der Waals surface area contributed by atoms with Crippen molar-refractivity contribution in [2.45, 2.75) is 32.0 Å². The van der Waals surface area contributed by atoms with Crippen LogP contribution in [0, 0.1) is 6.92 Å². The van der Waals surface area contributed by atoms with Gasteiger partial charge in [0.15, 0.2) is 5.76 Å². The summed E-state index contributed by atoms with van der Waals surface area (Å²) in [6.45, 7) is 6.28. The van der Waals surface area contributed by atoms with Crippen LogP contribution in [0.4, 0.5) is 0 Å². The summed E-state index contributed by atoms with van der Waals surface area (Å²) in [4.78, 5) is 16.5. The summed E-state index contributed by atoms with van der Waals surface area (Å²) in [6, 6.07) is 1.73. The zero-order valence-corrected chi connectivity index (χ0v) is 14.7. The number of aliphatic hydroxyl groups is 1. The summed E-state index contributed by atoms with van der Waals surface area (Å²) < 4.78 is 5.22. The van der Waals surface area contributed by atoms with E-state index in [1.807, 2.05) is 17.9 Å². The zero-order valence-electron chi connectivity index (χ0n) is 13.1. The van der Waals surface area contributed by atoms with Gasteiger partial charge in [0.25, 0.3) is 0 Å². The summed E-state index contributed by atoms with van der Waals surface area (Å²) in [5.74, 6) is 0.981. The molecule has 0 saturated carbocycles. The number of hydrogen-bond donors (Lipinski definition) is 2. The second-order valence-corrected chi connectivity index (χ2v) is 5.89. The second-order valence-electron chi connectivity index (χ2n) is 5.89. The highest BCUT2D eigenvalue weighted by molar-refractivity contribution is 5.85. The molecule has 1 amide bonds.